The highest BCUT2D eigenvalue weighted by Gasteiger charge is 2.17. The minimum atomic E-state index is -0.548. The fourth-order valence-corrected chi connectivity index (χ4v) is 0.811. The van der Waals surface area contributed by atoms with Crippen molar-refractivity contribution in [1.29, 1.82) is 0 Å². The van der Waals surface area contributed by atoms with Gasteiger partial charge in [-0.15, -0.1) is 0 Å². The number of hydrogen-bond acceptors (Lipinski definition) is 4. The van der Waals surface area contributed by atoms with E-state index in [1.54, 1.807) is 20.8 Å². The molecule has 1 aromatic heterocycles. The Hall–Kier alpha value is -1.58. The lowest BCUT2D eigenvalue weighted by molar-refractivity contribution is 0.00669. The van der Waals surface area contributed by atoms with Crippen LogP contribution in [0.3, 0.4) is 0 Å². The monoisotopic (exact) mass is 196 g/mol. The largest absolute Gasteiger partial charge is 0.456 e. The topological polar surface area (TPSA) is 56.5 Å². The van der Waals surface area contributed by atoms with Crippen LogP contribution in [0.2, 0.25) is 0 Å². The molecular weight excluding hydrogens is 184 g/mol. The summed E-state index contributed by atoms with van der Waals surface area (Å²) in [5.41, 5.74) is -0.801. The molecule has 76 valence electrons. The molecule has 14 heavy (non-hydrogen) atoms. The minimum absolute atomic E-state index is 0.236. The second kappa shape index (κ2) is 3.65. The normalized spacial score (nSPS) is 11.1. The van der Waals surface area contributed by atoms with Crippen LogP contribution in [0.1, 0.15) is 31.1 Å². The summed E-state index contributed by atoms with van der Waals surface area (Å²) in [7, 11) is 0. The Balaban J connectivity index is 2.81. The molecule has 0 spiro atoms. The van der Waals surface area contributed by atoms with Crippen LogP contribution < -0.4 is 5.63 Å². The molecule has 1 heterocycles. The second-order valence-electron chi connectivity index (χ2n) is 3.85. The number of rotatable bonds is 1. The predicted molar refractivity (Wildman–Crippen MR) is 50.1 cm³/mol. The maximum absolute atomic E-state index is 11.4. The van der Waals surface area contributed by atoms with Gasteiger partial charge < -0.3 is 9.15 Å². The van der Waals surface area contributed by atoms with Gasteiger partial charge in [-0.2, -0.15) is 0 Å². The number of carbonyl (C=O) groups is 1. The Labute approximate surface area is 81.5 Å². The number of ether oxygens (including phenoxy) is 1. The van der Waals surface area contributed by atoms with E-state index in [0.29, 0.717) is 0 Å². The van der Waals surface area contributed by atoms with Crippen molar-refractivity contribution in [3.63, 3.8) is 0 Å². The van der Waals surface area contributed by atoms with Crippen molar-refractivity contribution >= 4 is 5.97 Å². The van der Waals surface area contributed by atoms with Crippen LogP contribution in [0.5, 0.6) is 0 Å². The lowest BCUT2D eigenvalue weighted by Gasteiger charge is -2.18. The summed E-state index contributed by atoms with van der Waals surface area (Å²) in [5, 5.41) is 0. The van der Waals surface area contributed by atoms with E-state index in [2.05, 4.69) is 4.42 Å². The molecule has 0 aromatic carbocycles. The fraction of sp³-hybridized carbons (Fsp3) is 0.400. The first kappa shape index (κ1) is 10.5. The molecule has 0 unspecified atom stereocenters. The van der Waals surface area contributed by atoms with E-state index in [1.807, 2.05) is 0 Å². The maximum atomic E-state index is 11.4. The quantitative estimate of drug-likeness (QED) is 0.640. The van der Waals surface area contributed by atoms with Gasteiger partial charge >= 0.3 is 11.6 Å². The smallest absolute Gasteiger partial charge is 0.341 e. The molecule has 0 fully saturated rings. The first-order chi connectivity index (χ1) is 6.38. The summed E-state index contributed by atoms with van der Waals surface area (Å²) >= 11 is 0. The third-order valence-corrected chi connectivity index (χ3v) is 1.34. The fourth-order valence-electron chi connectivity index (χ4n) is 0.811. The third-order valence-electron chi connectivity index (χ3n) is 1.34. The van der Waals surface area contributed by atoms with Gasteiger partial charge in [-0.3, -0.25) is 0 Å². The van der Waals surface area contributed by atoms with E-state index in [4.69, 9.17) is 4.74 Å². The van der Waals surface area contributed by atoms with E-state index in [9.17, 15) is 9.59 Å². The van der Waals surface area contributed by atoms with Crippen LogP contribution in [0, 0.1) is 0 Å². The van der Waals surface area contributed by atoms with Crippen molar-refractivity contribution in [2.75, 3.05) is 0 Å². The number of carbonyl (C=O) groups excluding carboxylic acids is 1. The van der Waals surface area contributed by atoms with Crippen LogP contribution >= 0.6 is 0 Å². The molecule has 0 aliphatic carbocycles. The molecule has 4 heteroatoms. The molecule has 0 radical (unpaired) electrons. The zero-order valence-electron chi connectivity index (χ0n) is 8.37. The Morgan fingerprint density at radius 3 is 2.43 bits per heavy atom. The van der Waals surface area contributed by atoms with Crippen molar-refractivity contribution in [1.82, 2.24) is 0 Å². The van der Waals surface area contributed by atoms with Crippen LogP contribution in [-0.2, 0) is 4.74 Å². The predicted octanol–water partition coefficient (Wildman–Crippen LogP) is 1.60. The third kappa shape index (κ3) is 3.05. The van der Waals surface area contributed by atoms with Crippen LogP contribution in [-0.4, -0.2) is 11.6 Å². The van der Waals surface area contributed by atoms with Crippen LogP contribution in [0.25, 0.3) is 0 Å². The zero-order valence-corrected chi connectivity index (χ0v) is 8.37. The van der Waals surface area contributed by atoms with E-state index in [0.717, 1.165) is 6.26 Å². The minimum Gasteiger partial charge on any atom is -0.456 e. The van der Waals surface area contributed by atoms with Gasteiger partial charge in [0.15, 0.2) is 0 Å². The molecule has 0 aliphatic rings. The van der Waals surface area contributed by atoms with E-state index >= 15 is 0 Å². The lowest BCUT2D eigenvalue weighted by Crippen LogP contribution is -2.24. The highest BCUT2D eigenvalue weighted by atomic mass is 16.6. The van der Waals surface area contributed by atoms with Crippen LogP contribution in [0.4, 0.5) is 0 Å². The van der Waals surface area contributed by atoms with Gasteiger partial charge in [-0.1, -0.05) is 0 Å². The summed E-state index contributed by atoms with van der Waals surface area (Å²) in [6, 6.07) is 2.55. The molecular formula is C10H12O4. The van der Waals surface area contributed by atoms with Gasteiger partial charge in [0.05, 0.1) is 5.56 Å². The summed E-state index contributed by atoms with van der Waals surface area (Å²) in [6.45, 7) is 5.30. The zero-order chi connectivity index (χ0) is 10.8. The second-order valence-corrected chi connectivity index (χ2v) is 3.85. The molecule has 0 N–H and O–H groups in total. The van der Waals surface area contributed by atoms with Crippen molar-refractivity contribution < 1.29 is 13.9 Å². The van der Waals surface area contributed by atoms with Gasteiger partial charge in [0.2, 0.25) is 0 Å². The van der Waals surface area contributed by atoms with Crippen LogP contribution in [0.15, 0.2) is 27.6 Å². The van der Waals surface area contributed by atoms with E-state index in [1.165, 1.54) is 12.1 Å². The molecule has 0 aliphatic heterocycles. The Kier molecular flexibility index (Phi) is 2.74. The standard InChI is InChI=1S/C10H12O4/c1-10(2,3)14-9(12)7-4-5-8(11)13-6-7/h4-6H,1-3H3. The molecule has 0 saturated carbocycles. The lowest BCUT2D eigenvalue weighted by atomic mass is 10.2. The summed E-state index contributed by atoms with van der Waals surface area (Å²) in [4.78, 5) is 22.0. The number of esters is 1. The molecule has 0 atom stereocenters. The highest BCUT2D eigenvalue weighted by molar-refractivity contribution is 5.89. The van der Waals surface area contributed by atoms with Gasteiger partial charge in [-0.05, 0) is 26.8 Å². The van der Waals surface area contributed by atoms with Crippen molar-refractivity contribution in [2.45, 2.75) is 26.4 Å². The highest BCUT2D eigenvalue weighted by Crippen LogP contribution is 2.10. The molecule has 1 aromatic rings. The Morgan fingerprint density at radius 1 is 1.36 bits per heavy atom. The van der Waals surface area contributed by atoms with E-state index in [-0.39, 0.29) is 5.56 Å². The summed E-state index contributed by atoms with van der Waals surface area (Å²) in [5.74, 6) is -0.499. The first-order valence-corrected chi connectivity index (χ1v) is 4.21. The first-order valence-electron chi connectivity index (χ1n) is 4.21. The molecule has 0 saturated heterocycles. The van der Waals surface area contributed by atoms with E-state index < -0.39 is 17.2 Å². The van der Waals surface area contributed by atoms with Gasteiger partial charge in [0, 0.05) is 6.07 Å². The molecule has 0 amide bonds. The number of hydrogen-bond donors (Lipinski definition) is 0. The molecule has 4 nitrogen and oxygen atoms in total. The Bertz CT molecular complexity index is 363. The average molecular weight is 196 g/mol. The summed E-state index contributed by atoms with van der Waals surface area (Å²) < 4.78 is 9.60. The Morgan fingerprint density at radius 2 is 2.00 bits per heavy atom. The van der Waals surface area contributed by atoms with Gasteiger partial charge in [-0.25, -0.2) is 9.59 Å². The van der Waals surface area contributed by atoms with Gasteiger partial charge in [0.25, 0.3) is 0 Å². The van der Waals surface area contributed by atoms with Gasteiger partial charge in [0.1, 0.15) is 11.9 Å². The molecule has 1 rings (SSSR count). The van der Waals surface area contributed by atoms with Crippen molar-refractivity contribution in [3.8, 4) is 0 Å². The maximum Gasteiger partial charge on any atom is 0.341 e. The van der Waals surface area contributed by atoms with Crippen molar-refractivity contribution in [2.24, 2.45) is 0 Å². The molecule has 0 bridgehead atoms. The summed E-state index contributed by atoms with van der Waals surface area (Å²) in [6.07, 6.45) is 1.09. The SMILES string of the molecule is CC(C)(C)OC(=O)c1ccc(=O)oc1. The average Bonchev–Trinajstić information content (AvgIpc) is 2.02. The van der Waals surface area contributed by atoms with Crippen molar-refractivity contribution in [3.05, 3.63) is 34.4 Å².